The van der Waals surface area contributed by atoms with Crippen molar-refractivity contribution in [2.75, 3.05) is 12.4 Å². The predicted octanol–water partition coefficient (Wildman–Crippen LogP) is 4.38. The topological polar surface area (TPSA) is 143 Å². The first-order valence-corrected chi connectivity index (χ1v) is 12.5. The van der Waals surface area contributed by atoms with E-state index in [1.807, 2.05) is 31.5 Å². The smallest absolute Gasteiger partial charge is 0.327 e. The number of nitrogens with one attached hydrogen (secondary N) is 3. The van der Waals surface area contributed by atoms with Crippen molar-refractivity contribution in [1.82, 2.24) is 39.6 Å². The lowest BCUT2D eigenvalue weighted by atomic mass is 9.90. The number of aromatic amines is 1. The molecule has 1 atom stereocenters. The first-order chi connectivity index (χ1) is 18.5. The van der Waals surface area contributed by atoms with Crippen molar-refractivity contribution in [3.8, 4) is 0 Å². The molecule has 0 spiro atoms. The van der Waals surface area contributed by atoms with Gasteiger partial charge in [-0.25, -0.2) is 14.8 Å². The number of rotatable bonds is 6. The van der Waals surface area contributed by atoms with E-state index in [9.17, 15) is 9.59 Å². The molecule has 12 nitrogen and oxygen atoms in total. The molecule has 4 aromatic rings. The Morgan fingerprint density at radius 3 is 2.56 bits per heavy atom. The number of ketones is 1. The molecule has 0 saturated carbocycles. The molecule has 1 unspecified atom stereocenters. The summed E-state index contributed by atoms with van der Waals surface area (Å²) in [6.45, 7) is 10.2. The Morgan fingerprint density at radius 2 is 1.87 bits per heavy atom. The minimum Gasteiger partial charge on any atom is -0.329 e. The average Bonchev–Trinajstić information content (AvgIpc) is 3.62. The van der Waals surface area contributed by atoms with E-state index >= 15 is 0 Å². The quantitative estimate of drug-likeness (QED) is 0.251. The fourth-order valence-electron chi connectivity index (χ4n) is 4.37. The molecule has 2 amide bonds. The summed E-state index contributed by atoms with van der Waals surface area (Å²) in [4.78, 5) is 39.2. The van der Waals surface area contributed by atoms with Crippen LogP contribution in [-0.4, -0.2) is 54.3 Å². The third-order valence-electron chi connectivity index (χ3n) is 6.60. The van der Waals surface area contributed by atoms with Crippen LogP contribution < -0.4 is 15.2 Å². The third-order valence-corrected chi connectivity index (χ3v) is 6.60. The van der Waals surface area contributed by atoms with E-state index in [4.69, 9.17) is 5.10 Å². The number of urea groups is 1. The minimum absolute atomic E-state index is 0.00468. The number of anilines is 1. The molecule has 0 aliphatic carbocycles. The molecule has 5 heterocycles. The van der Waals surface area contributed by atoms with Crippen LogP contribution in [0.3, 0.4) is 0 Å². The molecule has 5 rings (SSSR count). The highest BCUT2D eigenvalue weighted by atomic mass is 16.2. The van der Waals surface area contributed by atoms with Gasteiger partial charge in [0.25, 0.3) is 0 Å². The number of hydrogen-bond donors (Lipinski definition) is 3. The summed E-state index contributed by atoms with van der Waals surface area (Å²) in [7, 11) is 1.87. The molecule has 1 aliphatic heterocycles. The van der Waals surface area contributed by atoms with Crippen molar-refractivity contribution in [2.45, 2.75) is 40.7 Å². The maximum atomic E-state index is 13.5. The molecule has 0 aromatic carbocycles. The molecular weight excluding hydrogens is 496 g/mol. The average molecular weight is 528 g/mol. The van der Waals surface area contributed by atoms with Crippen molar-refractivity contribution in [3.05, 3.63) is 72.6 Å². The zero-order chi connectivity index (χ0) is 27.9. The number of carbonyl (C=O) groups is 2. The number of nitrogens with zero attached hydrogens (tertiary/aromatic N) is 7. The second-order valence-electron chi connectivity index (χ2n) is 10.9. The number of fused-ring (bicyclic) bond motifs is 1. The van der Waals surface area contributed by atoms with Gasteiger partial charge in [-0.3, -0.25) is 20.2 Å². The highest BCUT2D eigenvalue weighted by Crippen LogP contribution is 2.33. The zero-order valence-electron chi connectivity index (χ0n) is 22.7. The number of pyridine rings is 1. The molecule has 200 valence electrons. The molecule has 0 bridgehead atoms. The second kappa shape index (κ2) is 9.55. The Kier molecular flexibility index (Phi) is 6.35. The monoisotopic (exact) mass is 527 g/mol. The van der Waals surface area contributed by atoms with Gasteiger partial charge in [0.1, 0.15) is 30.9 Å². The van der Waals surface area contributed by atoms with Crippen LogP contribution in [-0.2, 0) is 0 Å². The van der Waals surface area contributed by atoms with Crippen molar-refractivity contribution in [1.29, 1.82) is 0 Å². The normalized spacial score (nSPS) is 17.3. The van der Waals surface area contributed by atoms with Gasteiger partial charge in [-0.2, -0.15) is 5.10 Å². The molecule has 1 aliphatic rings. The molecule has 0 saturated heterocycles. The molecule has 3 N–H and O–H groups in total. The van der Waals surface area contributed by atoms with Gasteiger partial charge in [-0.15, -0.1) is 4.59 Å². The van der Waals surface area contributed by atoms with Gasteiger partial charge >= 0.3 is 6.03 Å². The van der Waals surface area contributed by atoms with E-state index in [0.717, 1.165) is 11.4 Å². The van der Waals surface area contributed by atoms with E-state index in [1.165, 1.54) is 18.7 Å². The van der Waals surface area contributed by atoms with Crippen LogP contribution in [0.4, 0.5) is 16.2 Å². The molecule has 4 aromatic heterocycles. The van der Waals surface area contributed by atoms with Gasteiger partial charge < -0.3 is 9.88 Å². The predicted molar refractivity (Wildman–Crippen MR) is 149 cm³/mol. The van der Waals surface area contributed by atoms with Crippen molar-refractivity contribution in [3.63, 3.8) is 0 Å². The number of allylic oxidation sites excluding steroid dienone is 1. The van der Waals surface area contributed by atoms with Crippen LogP contribution in [0.25, 0.3) is 11.0 Å². The number of amides is 2. The number of carbonyl (C=O) groups excluding carboxylic acids is 2. The van der Waals surface area contributed by atoms with E-state index in [2.05, 4.69) is 56.6 Å². The van der Waals surface area contributed by atoms with Crippen LogP contribution in [0.5, 0.6) is 0 Å². The molecule has 12 heteroatoms. The van der Waals surface area contributed by atoms with Crippen LogP contribution in [0, 0.1) is 5.41 Å². The summed E-state index contributed by atoms with van der Waals surface area (Å²) in [5.41, 5.74) is 3.22. The number of H-pyrrole nitrogens is 1. The first kappa shape index (κ1) is 25.9. The fraction of sp³-hybridized carbons (Fsp3) is 0.296. The molecule has 39 heavy (non-hydrogen) atoms. The van der Waals surface area contributed by atoms with Crippen LogP contribution in [0.2, 0.25) is 0 Å². The molecule has 0 fully saturated rings. The van der Waals surface area contributed by atoms with Gasteiger partial charge in [-0.1, -0.05) is 25.9 Å². The Labute approximate surface area is 225 Å². The lowest BCUT2D eigenvalue weighted by molar-refractivity contribution is 0.103. The summed E-state index contributed by atoms with van der Waals surface area (Å²) in [6.07, 6.45) is 13.1. The SMILES string of the molecule is CC(C)n1cc(C(=O)c2cncc(NC(=O)NC3=CC(C(C)(C)C)=N[N+]3(C)c3cn[nH]c3)c2)c2cncnc21. The summed E-state index contributed by atoms with van der Waals surface area (Å²) >= 11 is 0. The lowest BCUT2D eigenvalue weighted by Crippen LogP contribution is -2.45. The van der Waals surface area contributed by atoms with Crippen LogP contribution in [0.15, 0.2) is 66.6 Å². The largest absolute Gasteiger partial charge is 0.329 e. The molecule has 0 radical (unpaired) electrons. The van der Waals surface area contributed by atoms with E-state index < -0.39 is 6.03 Å². The Bertz CT molecular complexity index is 1630. The molecular formula is C27H31N10O2+. The number of quaternary nitrogens is 1. The van der Waals surface area contributed by atoms with Gasteiger partial charge in [0, 0.05) is 47.1 Å². The second-order valence-corrected chi connectivity index (χ2v) is 10.9. The maximum absolute atomic E-state index is 13.5. The van der Waals surface area contributed by atoms with E-state index in [0.29, 0.717) is 33.7 Å². The summed E-state index contributed by atoms with van der Waals surface area (Å²) in [5, 5.41) is 18.1. The zero-order valence-corrected chi connectivity index (χ0v) is 22.7. The Balaban J connectivity index is 1.38. The van der Waals surface area contributed by atoms with E-state index in [-0.39, 0.29) is 21.8 Å². The van der Waals surface area contributed by atoms with Crippen LogP contribution >= 0.6 is 0 Å². The van der Waals surface area contributed by atoms with Gasteiger partial charge in [0.2, 0.25) is 11.5 Å². The Morgan fingerprint density at radius 1 is 1.08 bits per heavy atom. The van der Waals surface area contributed by atoms with Gasteiger partial charge in [0.05, 0.1) is 23.6 Å². The Hall–Kier alpha value is -4.71. The highest BCUT2D eigenvalue weighted by Gasteiger charge is 2.42. The first-order valence-electron chi connectivity index (χ1n) is 12.5. The van der Waals surface area contributed by atoms with Gasteiger partial charge in [0.15, 0.2) is 5.78 Å². The number of hydrogen-bond acceptors (Lipinski definition) is 7. The fourth-order valence-corrected chi connectivity index (χ4v) is 4.37. The van der Waals surface area contributed by atoms with Crippen molar-refractivity contribution < 1.29 is 9.59 Å². The summed E-state index contributed by atoms with van der Waals surface area (Å²) in [6, 6.07) is 1.22. The minimum atomic E-state index is -0.490. The van der Waals surface area contributed by atoms with Crippen LogP contribution in [0.1, 0.15) is 56.6 Å². The standard InChI is InChI=1S/C27H30N10O2/c1-16(2)36-14-21(20-13-29-15-30-25(20)36)24(38)17-7-18(10-28-9-17)33-26(39)34-23-8-22(27(3,4)5)35-37(23,6)19-11-31-32-12-19/h7-16H,1-6H3,(H2-,31,32,33,34,35,39)/p+1. The third kappa shape index (κ3) is 4.81. The van der Waals surface area contributed by atoms with Gasteiger partial charge in [-0.05, 0) is 19.9 Å². The summed E-state index contributed by atoms with van der Waals surface area (Å²) < 4.78 is 1.93. The lowest BCUT2D eigenvalue weighted by Gasteiger charge is -2.24. The number of aromatic nitrogens is 6. The van der Waals surface area contributed by atoms with E-state index in [1.54, 1.807) is 30.9 Å². The van der Waals surface area contributed by atoms with Crippen molar-refractivity contribution >= 4 is 39.9 Å². The summed E-state index contributed by atoms with van der Waals surface area (Å²) in [5.74, 6) is 0.317. The maximum Gasteiger partial charge on any atom is 0.327 e. The van der Waals surface area contributed by atoms with Crippen molar-refractivity contribution in [2.24, 2.45) is 10.5 Å². The highest BCUT2D eigenvalue weighted by molar-refractivity contribution is 6.16.